The predicted molar refractivity (Wildman–Crippen MR) is 104 cm³/mol. The Morgan fingerprint density at radius 2 is 1.79 bits per heavy atom. The lowest BCUT2D eigenvalue weighted by molar-refractivity contribution is -0.131. The fraction of sp³-hybridized carbons (Fsp3) is 0.286. The number of benzene rings is 2. The van der Waals surface area contributed by atoms with Gasteiger partial charge in [-0.15, -0.1) is 0 Å². The van der Waals surface area contributed by atoms with Gasteiger partial charge in [0.2, 0.25) is 11.8 Å². The van der Waals surface area contributed by atoms with Gasteiger partial charge in [-0.2, -0.15) is 5.26 Å². The molecule has 0 N–H and O–H groups in total. The first kappa shape index (κ1) is 19.4. The van der Waals surface area contributed by atoms with E-state index in [0.717, 1.165) is 5.69 Å². The summed E-state index contributed by atoms with van der Waals surface area (Å²) in [6.07, 6.45) is 0. The van der Waals surface area contributed by atoms with Crippen molar-refractivity contribution in [3.8, 4) is 6.07 Å². The average Bonchev–Trinajstić information content (AvgIpc) is 2.72. The Kier molecular flexibility index (Phi) is 5.90. The number of hydrogen-bond donors (Lipinski definition) is 0. The molecule has 6 nitrogen and oxygen atoms in total. The number of piperazine rings is 1. The van der Waals surface area contributed by atoms with Crippen molar-refractivity contribution in [2.45, 2.75) is 6.92 Å². The van der Waals surface area contributed by atoms with Crippen molar-refractivity contribution in [3.05, 3.63) is 59.9 Å². The largest absolute Gasteiger partial charge is 0.368 e. The van der Waals surface area contributed by atoms with E-state index < -0.39 is 0 Å². The van der Waals surface area contributed by atoms with E-state index in [1.54, 1.807) is 41.3 Å². The van der Waals surface area contributed by atoms with Gasteiger partial charge in [-0.1, -0.05) is 6.07 Å². The normalized spacial score (nSPS) is 13.8. The molecular weight excluding hydrogens is 359 g/mol. The minimum absolute atomic E-state index is 0.0687. The van der Waals surface area contributed by atoms with Gasteiger partial charge in [-0.05, 0) is 42.5 Å². The van der Waals surface area contributed by atoms with Crippen molar-refractivity contribution < 1.29 is 14.0 Å². The Hall–Kier alpha value is -3.40. The van der Waals surface area contributed by atoms with Crippen LogP contribution in [0.1, 0.15) is 12.5 Å². The van der Waals surface area contributed by atoms with E-state index in [2.05, 4.69) is 4.90 Å². The highest BCUT2D eigenvalue weighted by Gasteiger charge is 2.24. The number of carbonyl (C=O) groups excluding carboxylic acids is 2. The van der Waals surface area contributed by atoms with E-state index in [1.807, 2.05) is 6.07 Å². The van der Waals surface area contributed by atoms with Crippen LogP contribution < -0.4 is 9.80 Å². The van der Waals surface area contributed by atoms with Crippen molar-refractivity contribution >= 4 is 23.2 Å². The van der Waals surface area contributed by atoms with Gasteiger partial charge >= 0.3 is 0 Å². The number of carbonyl (C=O) groups is 2. The fourth-order valence-electron chi connectivity index (χ4n) is 3.23. The zero-order valence-corrected chi connectivity index (χ0v) is 15.6. The third kappa shape index (κ3) is 4.46. The molecule has 2 aromatic rings. The zero-order chi connectivity index (χ0) is 20.1. The molecule has 28 heavy (non-hydrogen) atoms. The summed E-state index contributed by atoms with van der Waals surface area (Å²) >= 11 is 0. The number of rotatable bonds is 4. The Bertz CT molecular complexity index is 899. The van der Waals surface area contributed by atoms with Gasteiger partial charge in [-0.3, -0.25) is 9.59 Å². The number of anilines is 2. The summed E-state index contributed by atoms with van der Waals surface area (Å²) in [5.41, 5.74) is 1.89. The molecule has 3 rings (SSSR count). The second-order valence-corrected chi connectivity index (χ2v) is 6.61. The van der Waals surface area contributed by atoms with Crippen LogP contribution in [0.5, 0.6) is 0 Å². The lowest BCUT2D eigenvalue weighted by Crippen LogP contribution is -2.51. The van der Waals surface area contributed by atoms with Crippen LogP contribution in [0.3, 0.4) is 0 Å². The summed E-state index contributed by atoms with van der Waals surface area (Å²) < 4.78 is 13.1. The second-order valence-electron chi connectivity index (χ2n) is 6.61. The summed E-state index contributed by atoms with van der Waals surface area (Å²) in [5, 5.41) is 9.05. The predicted octanol–water partition coefficient (Wildman–Crippen LogP) is 2.40. The lowest BCUT2D eigenvalue weighted by atomic mass is 10.2. The SMILES string of the molecule is CC(=O)N(CC(=O)N1CCN(c2ccc(F)cc2)CC1)c1cccc(C#N)c1. The molecule has 1 heterocycles. The molecule has 0 radical (unpaired) electrons. The molecule has 0 aromatic heterocycles. The Morgan fingerprint density at radius 1 is 1.11 bits per heavy atom. The van der Waals surface area contributed by atoms with Crippen LogP contribution in [0.4, 0.5) is 15.8 Å². The maximum absolute atomic E-state index is 13.1. The molecule has 2 amide bonds. The number of halogens is 1. The monoisotopic (exact) mass is 380 g/mol. The van der Waals surface area contributed by atoms with Gasteiger partial charge in [0.05, 0.1) is 11.6 Å². The zero-order valence-electron chi connectivity index (χ0n) is 15.6. The molecule has 7 heteroatoms. The van der Waals surface area contributed by atoms with Crippen molar-refractivity contribution in [3.63, 3.8) is 0 Å². The van der Waals surface area contributed by atoms with Gasteiger partial charge in [0, 0.05) is 44.5 Å². The first-order chi connectivity index (χ1) is 13.5. The Balaban J connectivity index is 1.63. The molecule has 0 saturated carbocycles. The highest BCUT2D eigenvalue weighted by atomic mass is 19.1. The van der Waals surface area contributed by atoms with E-state index >= 15 is 0 Å². The van der Waals surface area contributed by atoms with Crippen LogP contribution >= 0.6 is 0 Å². The number of nitrogens with zero attached hydrogens (tertiary/aromatic N) is 4. The molecule has 2 aromatic carbocycles. The molecule has 1 fully saturated rings. The van der Waals surface area contributed by atoms with Crippen molar-refractivity contribution in [2.24, 2.45) is 0 Å². The van der Waals surface area contributed by atoms with E-state index in [9.17, 15) is 14.0 Å². The van der Waals surface area contributed by atoms with Crippen LogP contribution in [0.15, 0.2) is 48.5 Å². The fourth-order valence-corrected chi connectivity index (χ4v) is 3.23. The summed E-state index contributed by atoms with van der Waals surface area (Å²) in [6, 6.07) is 15.0. The molecule has 1 aliphatic rings. The third-order valence-electron chi connectivity index (χ3n) is 4.78. The summed E-state index contributed by atoms with van der Waals surface area (Å²) in [6.45, 7) is 3.67. The van der Waals surface area contributed by atoms with E-state index in [0.29, 0.717) is 37.4 Å². The van der Waals surface area contributed by atoms with E-state index in [4.69, 9.17) is 5.26 Å². The maximum atomic E-state index is 13.1. The quantitative estimate of drug-likeness (QED) is 0.817. The second kappa shape index (κ2) is 8.53. The Labute approximate surface area is 163 Å². The smallest absolute Gasteiger partial charge is 0.242 e. The topological polar surface area (TPSA) is 67.7 Å². The van der Waals surface area contributed by atoms with Crippen LogP contribution in [0.25, 0.3) is 0 Å². The van der Waals surface area contributed by atoms with Crippen LogP contribution in [0.2, 0.25) is 0 Å². The highest BCUT2D eigenvalue weighted by Crippen LogP contribution is 2.19. The minimum Gasteiger partial charge on any atom is -0.368 e. The number of hydrogen-bond acceptors (Lipinski definition) is 4. The first-order valence-corrected chi connectivity index (χ1v) is 9.04. The average molecular weight is 380 g/mol. The maximum Gasteiger partial charge on any atom is 0.242 e. The highest BCUT2D eigenvalue weighted by molar-refractivity contribution is 5.97. The molecule has 0 atom stereocenters. The van der Waals surface area contributed by atoms with Crippen LogP contribution in [-0.2, 0) is 9.59 Å². The molecule has 0 unspecified atom stereocenters. The molecule has 1 saturated heterocycles. The van der Waals surface area contributed by atoms with E-state index in [1.165, 1.54) is 24.0 Å². The van der Waals surface area contributed by atoms with E-state index in [-0.39, 0.29) is 24.2 Å². The van der Waals surface area contributed by atoms with Crippen molar-refractivity contribution in [1.29, 1.82) is 5.26 Å². The van der Waals surface area contributed by atoms with Gasteiger partial charge in [0.25, 0.3) is 0 Å². The van der Waals surface area contributed by atoms with Crippen LogP contribution in [-0.4, -0.2) is 49.4 Å². The Morgan fingerprint density at radius 3 is 2.39 bits per heavy atom. The van der Waals surface area contributed by atoms with Crippen molar-refractivity contribution in [1.82, 2.24) is 4.90 Å². The van der Waals surface area contributed by atoms with Gasteiger partial charge < -0.3 is 14.7 Å². The minimum atomic E-state index is -0.276. The summed E-state index contributed by atoms with van der Waals surface area (Å²) in [7, 11) is 0. The first-order valence-electron chi connectivity index (χ1n) is 9.04. The summed E-state index contributed by atoms with van der Waals surface area (Å²) in [4.78, 5) is 30.0. The third-order valence-corrected chi connectivity index (χ3v) is 4.78. The molecule has 144 valence electrons. The number of amides is 2. The molecule has 0 spiro atoms. The van der Waals surface area contributed by atoms with Gasteiger partial charge in [0.15, 0.2) is 0 Å². The lowest BCUT2D eigenvalue weighted by Gasteiger charge is -2.37. The van der Waals surface area contributed by atoms with Crippen LogP contribution in [0, 0.1) is 17.1 Å². The summed E-state index contributed by atoms with van der Waals surface area (Å²) in [5.74, 6) is -0.674. The molecule has 0 bridgehead atoms. The number of nitriles is 1. The van der Waals surface area contributed by atoms with Gasteiger partial charge in [0.1, 0.15) is 12.4 Å². The molecule has 0 aliphatic carbocycles. The van der Waals surface area contributed by atoms with Gasteiger partial charge in [-0.25, -0.2) is 4.39 Å². The standard InChI is InChI=1S/C21H21FN4O2/c1-16(27)26(20-4-2-3-17(13-20)14-23)15-21(28)25-11-9-24(10-12-25)19-7-5-18(22)6-8-19/h2-8,13H,9-12,15H2,1H3. The molecule has 1 aliphatic heterocycles. The van der Waals surface area contributed by atoms with Crippen molar-refractivity contribution in [2.75, 3.05) is 42.5 Å². The molecular formula is C21H21FN4O2.